The highest BCUT2D eigenvalue weighted by Crippen LogP contribution is 2.33. The summed E-state index contributed by atoms with van der Waals surface area (Å²) in [7, 11) is -3.92. The molecule has 1 aliphatic rings. The highest BCUT2D eigenvalue weighted by atomic mass is 32.3. The molecule has 0 radical (unpaired) electrons. The number of hydrogen-bond donors (Lipinski definition) is 1. The minimum atomic E-state index is -3.92. The molecule has 5 nitrogen and oxygen atoms in total. The van der Waals surface area contributed by atoms with Crippen molar-refractivity contribution in [2.24, 2.45) is 5.92 Å². The number of rotatable bonds is 14. The van der Waals surface area contributed by atoms with Gasteiger partial charge in [0, 0.05) is 6.42 Å². The Morgan fingerprint density at radius 2 is 1.35 bits per heavy atom. The molecule has 1 rings (SSSR count). The Labute approximate surface area is 142 Å². The van der Waals surface area contributed by atoms with Crippen molar-refractivity contribution in [1.82, 2.24) is 0 Å². The van der Waals surface area contributed by atoms with Crippen molar-refractivity contribution in [2.45, 2.75) is 103 Å². The Hall–Kier alpha value is -0.170. The Kier molecular flexibility index (Phi) is 9.66. The van der Waals surface area contributed by atoms with Gasteiger partial charge in [-0.05, 0) is 12.3 Å². The van der Waals surface area contributed by atoms with Crippen LogP contribution in [0.1, 0.15) is 97.3 Å². The van der Waals surface area contributed by atoms with E-state index in [4.69, 9.17) is 0 Å². The summed E-state index contributed by atoms with van der Waals surface area (Å²) < 4.78 is 30.2. The Morgan fingerprint density at radius 1 is 0.870 bits per heavy atom. The van der Waals surface area contributed by atoms with Crippen LogP contribution in [-0.2, 0) is 18.8 Å². The number of aliphatic hydroxyl groups is 1. The van der Waals surface area contributed by atoms with Crippen LogP contribution in [-0.4, -0.2) is 19.5 Å². The van der Waals surface area contributed by atoms with E-state index in [0.717, 1.165) is 6.42 Å². The fourth-order valence-corrected chi connectivity index (χ4v) is 3.78. The van der Waals surface area contributed by atoms with E-state index < -0.39 is 16.4 Å². The van der Waals surface area contributed by atoms with Gasteiger partial charge in [-0.15, -0.1) is 0 Å². The van der Waals surface area contributed by atoms with Crippen molar-refractivity contribution in [3.8, 4) is 0 Å². The normalized spacial score (nSPS) is 20.1. The van der Waals surface area contributed by atoms with Gasteiger partial charge >= 0.3 is 16.4 Å². The van der Waals surface area contributed by atoms with Crippen LogP contribution in [0, 0.1) is 5.92 Å². The molecule has 0 aromatic rings. The van der Waals surface area contributed by atoms with Crippen LogP contribution >= 0.6 is 0 Å². The lowest BCUT2D eigenvalue weighted by Gasteiger charge is -2.34. The predicted octanol–water partition coefficient (Wildman–Crippen LogP) is 4.65. The minimum Gasteiger partial charge on any atom is -0.342 e. The third-order valence-electron chi connectivity index (χ3n) is 4.47. The lowest BCUT2D eigenvalue weighted by Crippen LogP contribution is -2.50. The van der Waals surface area contributed by atoms with E-state index in [1.807, 2.05) is 0 Å². The summed E-state index contributed by atoms with van der Waals surface area (Å²) in [6, 6.07) is 0. The minimum absolute atomic E-state index is 0.200. The van der Waals surface area contributed by atoms with Gasteiger partial charge in [0.25, 0.3) is 0 Å². The van der Waals surface area contributed by atoms with E-state index in [1.54, 1.807) is 0 Å². The highest BCUT2D eigenvalue weighted by molar-refractivity contribution is 7.82. The molecule has 0 saturated carbocycles. The topological polar surface area (TPSA) is 72.8 Å². The summed E-state index contributed by atoms with van der Waals surface area (Å²) in [6.07, 6.45) is 15.2. The van der Waals surface area contributed by atoms with Crippen LogP contribution in [0.3, 0.4) is 0 Å². The third kappa shape index (κ3) is 9.65. The summed E-state index contributed by atoms with van der Waals surface area (Å²) in [5.41, 5.74) is 0. The maximum Gasteiger partial charge on any atom is 0.409 e. The molecule has 1 saturated heterocycles. The maximum atomic E-state index is 10.7. The van der Waals surface area contributed by atoms with E-state index in [2.05, 4.69) is 22.2 Å². The second-order valence-corrected chi connectivity index (χ2v) is 8.05. The summed E-state index contributed by atoms with van der Waals surface area (Å²) >= 11 is 0. The Bertz CT molecular complexity index is 395. The zero-order valence-corrected chi connectivity index (χ0v) is 15.6. The summed E-state index contributed by atoms with van der Waals surface area (Å²) in [5.74, 6) is -1.48. The molecule has 0 aromatic heterocycles. The van der Waals surface area contributed by atoms with Crippen LogP contribution in [0.4, 0.5) is 0 Å². The molecule has 0 aliphatic carbocycles. The van der Waals surface area contributed by atoms with Crippen LogP contribution in [0.5, 0.6) is 0 Å². The summed E-state index contributed by atoms with van der Waals surface area (Å²) in [4.78, 5) is 0. The fraction of sp³-hybridized carbons (Fsp3) is 1.00. The quantitative estimate of drug-likeness (QED) is 0.462. The van der Waals surface area contributed by atoms with E-state index in [-0.39, 0.29) is 6.42 Å². The molecule has 1 N–H and O–H groups in total. The van der Waals surface area contributed by atoms with Gasteiger partial charge in [-0.25, -0.2) is 0 Å². The zero-order chi connectivity index (χ0) is 17.2. The van der Waals surface area contributed by atoms with Crippen LogP contribution in [0.25, 0.3) is 0 Å². The molecule has 1 heterocycles. The van der Waals surface area contributed by atoms with E-state index in [1.165, 1.54) is 64.2 Å². The molecule has 6 heteroatoms. The molecule has 1 fully saturated rings. The SMILES string of the molecule is CCCCCCCCCCCCC(C)CCC1(O)OS(=O)(=O)O1. The number of unbranched alkanes of at least 4 members (excludes halogenated alkanes) is 9. The molecule has 0 spiro atoms. The number of hydrogen-bond acceptors (Lipinski definition) is 5. The van der Waals surface area contributed by atoms with E-state index in [9.17, 15) is 13.5 Å². The molecular weight excluding hydrogens is 316 g/mol. The maximum absolute atomic E-state index is 10.7. The van der Waals surface area contributed by atoms with Gasteiger partial charge in [0.1, 0.15) is 0 Å². The van der Waals surface area contributed by atoms with Crippen LogP contribution < -0.4 is 0 Å². The molecule has 23 heavy (non-hydrogen) atoms. The van der Waals surface area contributed by atoms with Crippen molar-refractivity contribution in [1.29, 1.82) is 0 Å². The monoisotopic (exact) mass is 350 g/mol. The van der Waals surface area contributed by atoms with Crippen LogP contribution in [0.15, 0.2) is 0 Å². The van der Waals surface area contributed by atoms with Gasteiger partial charge in [-0.1, -0.05) is 84.5 Å². The third-order valence-corrected chi connectivity index (χ3v) is 5.40. The molecule has 0 bridgehead atoms. The van der Waals surface area contributed by atoms with Crippen molar-refractivity contribution in [2.75, 3.05) is 0 Å². The molecule has 1 aliphatic heterocycles. The molecule has 0 aromatic carbocycles. The molecule has 1 unspecified atom stereocenters. The van der Waals surface area contributed by atoms with Crippen molar-refractivity contribution < 1.29 is 21.9 Å². The van der Waals surface area contributed by atoms with Gasteiger partial charge in [0.2, 0.25) is 0 Å². The molecule has 1 atom stereocenters. The van der Waals surface area contributed by atoms with Crippen molar-refractivity contribution in [3.05, 3.63) is 0 Å². The van der Waals surface area contributed by atoms with Gasteiger partial charge in [0.05, 0.1) is 0 Å². The van der Waals surface area contributed by atoms with E-state index in [0.29, 0.717) is 12.3 Å². The fourth-order valence-electron chi connectivity index (χ4n) is 2.96. The smallest absolute Gasteiger partial charge is 0.342 e. The Morgan fingerprint density at radius 3 is 1.83 bits per heavy atom. The first-order valence-corrected chi connectivity index (χ1v) is 10.6. The average Bonchev–Trinajstić information content (AvgIpc) is 2.45. The highest BCUT2D eigenvalue weighted by Gasteiger charge is 2.50. The predicted molar refractivity (Wildman–Crippen MR) is 90.9 cm³/mol. The van der Waals surface area contributed by atoms with Crippen molar-refractivity contribution in [3.63, 3.8) is 0 Å². The lowest BCUT2D eigenvalue weighted by atomic mass is 9.97. The Balaban J connectivity index is 1.88. The van der Waals surface area contributed by atoms with Gasteiger partial charge in [-0.2, -0.15) is 16.8 Å². The first-order chi connectivity index (χ1) is 10.9. The molecular formula is C17H34O5S. The van der Waals surface area contributed by atoms with Crippen molar-refractivity contribution >= 4 is 10.4 Å². The largest absolute Gasteiger partial charge is 0.409 e. The van der Waals surface area contributed by atoms with Gasteiger partial charge in [-0.3, -0.25) is 0 Å². The van der Waals surface area contributed by atoms with Gasteiger partial charge in [0.15, 0.2) is 0 Å². The lowest BCUT2D eigenvalue weighted by molar-refractivity contribution is -0.330. The van der Waals surface area contributed by atoms with Crippen LogP contribution in [0.2, 0.25) is 0 Å². The first kappa shape index (κ1) is 20.9. The zero-order valence-electron chi connectivity index (χ0n) is 14.8. The van der Waals surface area contributed by atoms with Gasteiger partial charge < -0.3 is 5.11 Å². The molecule has 0 amide bonds. The standard InChI is InChI=1S/C17H34O5S/c1-3-4-5-6-7-8-9-10-11-12-13-16(2)14-15-17(18)21-23(19,20)22-17/h16,18H,3-15H2,1-2H3. The summed E-state index contributed by atoms with van der Waals surface area (Å²) in [6.45, 7) is 4.36. The second kappa shape index (κ2) is 10.6. The first-order valence-electron chi connectivity index (χ1n) is 9.25. The van der Waals surface area contributed by atoms with E-state index >= 15 is 0 Å². The second-order valence-electron chi connectivity index (χ2n) is 6.90. The average molecular weight is 351 g/mol. The molecule has 138 valence electrons. The summed E-state index contributed by atoms with van der Waals surface area (Å²) in [5, 5.41) is 9.62.